The van der Waals surface area contributed by atoms with E-state index in [9.17, 15) is 5.11 Å². The van der Waals surface area contributed by atoms with Crippen molar-refractivity contribution >= 4 is 15.9 Å². The number of aromatic nitrogens is 3. The van der Waals surface area contributed by atoms with Crippen LogP contribution in [0.2, 0.25) is 0 Å². The van der Waals surface area contributed by atoms with E-state index in [0.29, 0.717) is 6.42 Å². The van der Waals surface area contributed by atoms with E-state index in [1.165, 1.54) is 0 Å². The lowest BCUT2D eigenvalue weighted by Gasteiger charge is -2.11. The van der Waals surface area contributed by atoms with Gasteiger partial charge in [0.15, 0.2) is 0 Å². The molecule has 1 atom stereocenters. The van der Waals surface area contributed by atoms with Gasteiger partial charge in [-0.25, -0.2) is 0 Å². The van der Waals surface area contributed by atoms with Gasteiger partial charge in [0.2, 0.25) is 0 Å². The average molecular weight is 324 g/mol. The minimum atomic E-state index is -0.568. The molecule has 0 amide bonds. The molecule has 0 aromatic carbocycles. The normalized spacial score (nSPS) is 12.6. The molecule has 0 aliphatic heterocycles. The fourth-order valence-electron chi connectivity index (χ4n) is 2.01. The van der Waals surface area contributed by atoms with Crippen LogP contribution in [0.25, 0.3) is 0 Å². The van der Waals surface area contributed by atoms with Gasteiger partial charge in [-0.2, -0.15) is 5.10 Å². The first kappa shape index (κ1) is 14.2. The molecule has 19 heavy (non-hydrogen) atoms. The number of hydrogen-bond donors (Lipinski definition) is 1. The molecule has 102 valence electrons. The zero-order valence-corrected chi connectivity index (χ0v) is 12.8. The van der Waals surface area contributed by atoms with Crippen molar-refractivity contribution in [2.75, 3.05) is 0 Å². The Bertz CT molecular complexity index is 536. The highest BCUT2D eigenvalue weighted by atomic mass is 79.9. The first-order valence-electron chi connectivity index (χ1n) is 6.49. The Hall–Kier alpha value is -1.20. The van der Waals surface area contributed by atoms with Gasteiger partial charge in [0.25, 0.3) is 0 Å². The molecule has 4 nitrogen and oxygen atoms in total. The van der Waals surface area contributed by atoms with E-state index in [1.54, 1.807) is 6.20 Å². The van der Waals surface area contributed by atoms with Gasteiger partial charge in [0, 0.05) is 29.3 Å². The Morgan fingerprint density at radius 3 is 2.68 bits per heavy atom. The van der Waals surface area contributed by atoms with Gasteiger partial charge < -0.3 is 5.11 Å². The fraction of sp³-hybridized carbons (Fsp3) is 0.429. The summed E-state index contributed by atoms with van der Waals surface area (Å²) in [6.07, 6.45) is 2.56. The maximum absolute atomic E-state index is 10.4. The van der Waals surface area contributed by atoms with Crippen molar-refractivity contribution in [2.24, 2.45) is 0 Å². The van der Waals surface area contributed by atoms with Crippen molar-refractivity contribution in [3.8, 4) is 0 Å². The maximum Gasteiger partial charge on any atom is 0.101 e. The molecular weight excluding hydrogens is 306 g/mol. The molecule has 2 heterocycles. The molecular formula is C14H18BrN3O. The van der Waals surface area contributed by atoms with Crippen molar-refractivity contribution < 1.29 is 5.11 Å². The van der Waals surface area contributed by atoms with Crippen LogP contribution in [-0.2, 0) is 19.4 Å². The van der Waals surface area contributed by atoms with Crippen LogP contribution >= 0.6 is 15.9 Å². The molecule has 1 N–H and O–H groups in total. The minimum Gasteiger partial charge on any atom is -0.386 e. The largest absolute Gasteiger partial charge is 0.386 e. The predicted octanol–water partition coefficient (Wildman–Crippen LogP) is 2.90. The lowest BCUT2D eigenvalue weighted by atomic mass is 10.1. The number of aryl methyl sites for hydroxylation is 2. The minimum absolute atomic E-state index is 0.502. The molecule has 0 aliphatic rings. The summed E-state index contributed by atoms with van der Waals surface area (Å²) >= 11 is 3.35. The van der Waals surface area contributed by atoms with Crippen LogP contribution < -0.4 is 0 Å². The van der Waals surface area contributed by atoms with Gasteiger partial charge in [-0.15, -0.1) is 0 Å². The molecule has 2 aromatic heterocycles. The first-order valence-corrected chi connectivity index (χ1v) is 7.28. The van der Waals surface area contributed by atoms with E-state index in [-0.39, 0.29) is 0 Å². The number of aliphatic hydroxyl groups is 1. The van der Waals surface area contributed by atoms with Crippen LogP contribution in [0.15, 0.2) is 28.9 Å². The molecule has 0 spiro atoms. The molecule has 0 radical (unpaired) electrons. The number of aliphatic hydroxyl groups excluding tert-OH is 1. The van der Waals surface area contributed by atoms with Crippen molar-refractivity contribution in [3.63, 3.8) is 0 Å². The summed E-state index contributed by atoms with van der Waals surface area (Å²) in [4.78, 5) is 4.29. The second kappa shape index (κ2) is 6.30. The zero-order valence-electron chi connectivity index (χ0n) is 11.2. The lowest BCUT2D eigenvalue weighted by Crippen LogP contribution is -2.10. The van der Waals surface area contributed by atoms with Gasteiger partial charge in [-0.1, -0.05) is 6.92 Å². The highest BCUT2D eigenvalue weighted by Crippen LogP contribution is 2.19. The molecule has 5 heteroatoms. The quantitative estimate of drug-likeness (QED) is 0.920. The smallest absolute Gasteiger partial charge is 0.101 e. The van der Waals surface area contributed by atoms with Crippen molar-refractivity contribution in [1.29, 1.82) is 0 Å². The first-order chi connectivity index (χ1) is 9.13. The summed E-state index contributed by atoms with van der Waals surface area (Å²) in [5.74, 6) is 0. The summed E-state index contributed by atoms with van der Waals surface area (Å²) in [6.45, 7) is 4.86. The van der Waals surface area contributed by atoms with E-state index in [1.807, 2.05) is 29.8 Å². The number of hydrogen-bond acceptors (Lipinski definition) is 3. The molecule has 1 unspecified atom stereocenters. The van der Waals surface area contributed by atoms with Crippen LogP contribution in [-0.4, -0.2) is 19.9 Å². The Morgan fingerprint density at radius 1 is 1.32 bits per heavy atom. The van der Waals surface area contributed by atoms with E-state index in [0.717, 1.165) is 34.5 Å². The van der Waals surface area contributed by atoms with E-state index in [2.05, 4.69) is 32.9 Å². The van der Waals surface area contributed by atoms with E-state index in [4.69, 9.17) is 0 Å². The van der Waals surface area contributed by atoms with Gasteiger partial charge in [-0.3, -0.25) is 9.67 Å². The standard InChI is InChI=1S/C14H18BrN3O/c1-3-11-7-13(18(4-2)17-11)14(19)8-12-6-5-10(15)9-16-12/h5-7,9,14,19H,3-4,8H2,1-2H3. The molecule has 0 bridgehead atoms. The third kappa shape index (κ3) is 3.42. The second-order valence-electron chi connectivity index (χ2n) is 4.42. The van der Waals surface area contributed by atoms with Crippen LogP contribution in [0, 0.1) is 0 Å². The Morgan fingerprint density at radius 2 is 2.11 bits per heavy atom. The molecule has 2 rings (SSSR count). The summed E-state index contributed by atoms with van der Waals surface area (Å²) in [5.41, 5.74) is 2.75. The fourth-order valence-corrected chi connectivity index (χ4v) is 2.25. The Labute approximate surface area is 121 Å². The number of pyridine rings is 1. The second-order valence-corrected chi connectivity index (χ2v) is 5.33. The number of halogens is 1. The van der Waals surface area contributed by atoms with Crippen LogP contribution in [0.4, 0.5) is 0 Å². The van der Waals surface area contributed by atoms with Gasteiger partial charge in [0.05, 0.1) is 11.4 Å². The third-order valence-corrected chi connectivity index (χ3v) is 3.53. The van der Waals surface area contributed by atoms with Crippen molar-refractivity contribution in [2.45, 2.75) is 39.3 Å². The lowest BCUT2D eigenvalue weighted by molar-refractivity contribution is 0.166. The van der Waals surface area contributed by atoms with Gasteiger partial charge in [-0.05, 0) is 47.5 Å². The summed E-state index contributed by atoms with van der Waals surface area (Å²) in [7, 11) is 0. The van der Waals surface area contributed by atoms with E-state index >= 15 is 0 Å². The monoisotopic (exact) mass is 323 g/mol. The molecule has 0 fully saturated rings. The topological polar surface area (TPSA) is 50.9 Å². The van der Waals surface area contributed by atoms with Gasteiger partial charge >= 0.3 is 0 Å². The summed E-state index contributed by atoms with van der Waals surface area (Å²) in [6, 6.07) is 5.83. The molecule has 0 saturated carbocycles. The number of rotatable bonds is 5. The Balaban J connectivity index is 2.16. The highest BCUT2D eigenvalue weighted by Gasteiger charge is 2.16. The van der Waals surface area contributed by atoms with Crippen LogP contribution in [0.1, 0.15) is 37.0 Å². The molecule has 2 aromatic rings. The molecule has 0 saturated heterocycles. The zero-order chi connectivity index (χ0) is 13.8. The number of nitrogens with zero attached hydrogens (tertiary/aromatic N) is 3. The van der Waals surface area contributed by atoms with E-state index < -0.39 is 6.10 Å². The highest BCUT2D eigenvalue weighted by molar-refractivity contribution is 9.10. The van der Waals surface area contributed by atoms with Gasteiger partial charge in [0.1, 0.15) is 6.10 Å². The average Bonchev–Trinajstić information content (AvgIpc) is 2.85. The Kier molecular flexibility index (Phi) is 4.71. The van der Waals surface area contributed by atoms with Crippen LogP contribution in [0.3, 0.4) is 0 Å². The predicted molar refractivity (Wildman–Crippen MR) is 77.9 cm³/mol. The van der Waals surface area contributed by atoms with Crippen molar-refractivity contribution in [3.05, 3.63) is 46.0 Å². The van der Waals surface area contributed by atoms with Crippen LogP contribution in [0.5, 0.6) is 0 Å². The summed E-state index contributed by atoms with van der Waals surface area (Å²) in [5, 5.41) is 14.8. The SMILES string of the molecule is CCc1cc(C(O)Cc2ccc(Br)cn2)n(CC)n1. The summed E-state index contributed by atoms with van der Waals surface area (Å²) < 4.78 is 2.81. The maximum atomic E-state index is 10.4. The molecule has 0 aliphatic carbocycles. The van der Waals surface area contributed by atoms with Crippen molar-refractivity contribution in [1.82, 2.24) is 14.8 Å². The third-order valence-electron chi connectivity index (χ3n) is 3.06.